The molecule has 0 radical (unpaired) electrons. The smallest absolute Gasteiger partial charge is 0.239 e. The minimum Gasteiger partial charge on any atom is -0.354 e. The first kappa shape index (κ1) is 20.6. The molecular formula is C19H21FN2O4S. The van der Waals surface area contributed by atoms with Crippen molar-refractivity contribution in [1.82, 2.24) is 10.6 Å². The lowest BCUT2D eigenvalue weighted by molar-refractivity contribution is -0.125. The van der Waals surface area contributed by atoms with Crippen molar-refractivity contribution in [2.24, 2.45) is 0 Å². The minimum absolute atomic E-state index is 0.154. The number of hydrogen-bond donors (Lipinski definition) is 2. The fourth-order valence-corrected chi connectivity index (χ4v) is 3.62. The highest BCUT2D eigenvalue weighted by Crippen LogP contribution is 2.16. The highest BCUT2D eigenvalue weighted by Gasteiger charge is 2.29. The number of carbonyl (C=O) groups is 2. The quantitative estimate of drug-likeness (QED) is 0.666. The molecule has 0 spiro atoms. The Labute approximate surface area is 157 Å². The molecule has 0 bridgehead atoms. The summed E-state index contributed by atoms with van der Waals surface area (Å²) in [5.41, 5.74) is 1.07. The van der Waals surface area contributed by atoms with E-state index < -0.39 is 32.7 Å². The van der Waals surface area contributed by atoms with Gasteiger partial charge in [0.15, 0.2) is 9.84 Å². The maximum atomic E-state index is 12.9. The molecule has 0 aliphatic rings. The summed E-state index contributed by atoms with van der Waals surface area (Å²) in [6, 6.07) is 13.8. The van der Waals surface area contributed by atoms with Crippen LogP contribution in [0.3, 0.4) is 0 Å². The van der Waals surface area contributed by atoms with E-state index in [1.165, 1.54) is 6.92 Å². The maximum absolute atomic E-state index is 12.9. The number of halogens is 1. The number of rotatable bonds is 8. The van der Waals surface area contributed by atoms with Crippen LogP contribution in [-0.2, 0) is 25.8 Å². The first-order valence-electron chi connectivity index (χ1n) is 8.38. The second-order valence-corrected chi connectivity index (χ2v) is 8.21. The van der Waals surface area contributed by atoms with Crippen molar-refractivity contribution in [2.45, 2.75) is 23.5 Å². The monoisotopic (exact) mass is 392 g/mol. The van der Waals surface area contributed by atoms with Gasteiger partial charge in [-0.25, -0.2) is 12.8 Å². The van der Waals surface area contributed by atoms with E-state index in [-0.39, 0.29) is 11.4 Å². The van der Waals surface area contributed by atoms with Crippen LogP contribution in [0.1, 0.15) is 12.5 Å². The van der Waals surface area contributed by atoms with Crippen molar-refractivity contribution in [1.29, 1.82) is 0 Å². The zero-order valence-electron chi connectivity index (χ0n) is 14.8. The van der Waals surface area contributed by atoms with Crippen LogP contribution < -0.4 is 10.6 Å². The Balaban J connectivity index is 1.81. The molecule has 2 aromatic rings. The summed E-state index contributed by atoms with van der Waals surface area (Å²) in [5.74, 6) is -1.78. The summed E-state index contributed by atoms with van der Waals surface area (Å²) >= 11 is 0. The van der Waals surface area contributed by atoms with Crippen molar-refractivity contribution in [3.63, 3.8) is 0 Å². The molecular weight excluding hydrogens is 371 g/mol. The van der Waals surface area contributed by atoms with Gasteiger partial charge in [-0.3, -0.25) is 9.59 Å². The summed E-state index contributed by atoms with van der Waals surface area (Å²) in [5, 5.41) is 3.57. The van der Waals surface area contributed by atoms with Gasteiger partial charge in [0.25, 0.3) is 0 Å². The van der Waals surface area contributed by atoms with Crippen molar-refractivity contribution >= 4 is 21.7 Å². The van der Waals surface area contributed by atoms with Gasteiger partial charge in [0.1, 0.15) is 11.1 Å². The molecule has 144 valence electrons. The average molecular weight is 392 g/mol. The molecule has 0 fully saturated rings. The fraction of sp³-hybridized carbons (Fsp3) is 0.263. The molecule has 0 aliphatic heterocycles. The van der Waals surface area contributed by atoms with Crippen LogP contribution in [0.15, 0.2) is 59.5 Å². The molecule has 0 heterocycles. The van der Waals surface area contributed by atoms with Gasteiger partial charge in [-0.2, -0.15) is 0 Å². The summed E-state index contributed by atoms with van der Waals surface area (Å²) < 4.78 is 37.7. The molecule has 8 heteroatoms. The van der Waals surface area contributed by atoms with Crippen molar-refractivity contribution < 1.29 is 22.4 Å². The number of amides is 2. The number of nitrogens with one attached hydrogen (secondary N) is 2. The lowest BCUT2D eigenvalue weighted by atomic mass is 10.1. The molecule has 2 aromatic carbocycles. The van der Waals surface area contributed by atoms with E-state index in [4.69, 9.17) is 0 Å². The Hall–Kier alpha value is -2.74. The average Bonchev–Trinajstić information content (AvgIpc) is 2.66. The summed E-state index contributed by atoms with van der Waals surface area (Å²) in [7, 11) is -3.97. The molecule has 2 rings (SSSR count). The largest absolute Gasteiger partial charge is 0.354 e. The topological polar surface area (TPSA) is 92.3 Å². The third-order valence-corrected chi connectivity index (χ3v) is 6.05. The standard InChI is InChI=1S/C19H21FN2O4S/c1-14(27(25,26)17-9-7-16(20)8-10-17)19(24)22-13-18(23)21-12-11-15-5-3-2-4-6-15/h2-10,14H,11-13H2,1H3,(H,21,23)(H,22,24). The van der Waals surface area contributed by atoms with Gasteiger partial charge < -0.3 is 10.6 Å². The van der Waals surface area contributed by atoms with Crippen LogP contribution in [-0.4, -0.2) is 38.6 Å². The predicted octanol–water partition coefficient (Wildman–Crippen LogP) is 1.46. The molecule has 0 aromatic heterocycles. The summed E-state index contributed by atoms with van der Waals surface area (Å²) in [6.45, 7) is 1.31. The van der Waals surface area contributed by atoms with E-state index in [0.717, 1.165) is 29.8 Å². The fourth-order valence-electron chi connectivity index (χ4n) is 2.33. The first-order valence-corrected chi connectivity index (χ1v) is 9.93. The third-order valence-electron chi connectivity index (χ3n) is 3.98. The van der Waals surface area contributed by atoms with Gasteiger partial charge in [-0.15, -0.1) is 0 Å². The molecule has 1 atom stereocenters. The van der Waals surface area contributed by atoms with Gasteiger partial charge in [0, 0.05) is 6.54 Å². The third kappa shape index (κ3) is 5.89. The molecule has 2 amide bonds. The molecule has 0 aliphatic carbocycles. The number of sulfone groups is 1. The number of carbonyl (C=O) groups excluding carboxylic acids is 2. The zero-order valence-corrected chi connectivity index (χ0v) is 15.6. The highest BCUT2D eigenvalue weighted by atomic mass is 32.2. The lowest BCUT2D eigenvalue weighted by Crippen LogP contribution is -2.43. The van der Waals surface area contributed by atoms with Crippen LogP contribution in [0.5, 0.6) is 0 Å². The van der Waals surface area contributed by atoms with E-state index >= 15 is 0 Å². The van der Waals surface area contributed by atoms with E-state index in [1.807, 2.05) is 30.3 Å². The second kappa shape index (κ2) is 9.27. The molecule has 27 heavy (non-hydrogen) atoms. The predicted molar refractivity (Wildman–Crippen MR) is 99.2 cm³/mol. The summed E-state index contributed by atoms with van der Waals surface area (Å²) in [6.07, 6.45) is 0.649. The van der Waals surface area contributed by atoms with Crippen LogP contribution in [0.25, 0.3) is 0 Å². The molecule has 1 unspecified atom stereocenters. The Morgan fingerprint density at radius 2 is 1.63 bits per heavy atom. The van der Waals surface area contributed by atoms with Crippen molar-refractivity contribution in [3.05, 3.63) is 66.0 Å². The van der Waals surface area contributed by atoms with Crippen LogP contribution in [0, 0.1) is 5.82 Å². The van der Waals surface area contributed by atoms with Gasteiger partial charge in [-0.1, -0.05) is 30.3 Å². The van der Waals surface area contributed by atoms with Gasteiger partial charge in [-0.05, 0) is 43.2 Å². The van der Waals surface area contributed by atoms with Crippen molar-refractivity contribution in [3.8, 4) is 0 Å². The Morgan fingerprint density at radius 3 is 2.26 bits per heavy atom. The van der Waals surface area contributed by atoms with E-state index in [2.05, 4.69) is 10.6 Å². The second-order valence-electron chi connectivity index (χ2n) is 5.94. The minimum atomic E-state index is -3.97. The van der Waals surface area contributed by atoms with Crippen LogP contribution in [0.2, 0.25) is 0 Å². The maximum Gasteiger partial charge on any atom is 0.239 e. The highest BCUT2D eigenvalue weighted by molar-refractivity contribution is 7.92. The molecule has 6 nitrogen and oxygen atoms in total. The molecule has 0 saturated carbocycles. The number of benzene rings is 2. The Bertz CT molecular complexity index is 884. The normalized spacial score (nSPS) is 12.2. The molecule has 0 saturated heterocycles. The summed E-state index contributed by atoms with van der Waals surface area (Å²) in [4.78, 5) is 23.7. The van der Waals surface area contributed by atoms with Gasteiger partial charge in [0.2, 0.25) is 11.8 Å². The number of hydrogen-bond acceptors (Lipinski definition) is 4. The zero-order chi connectivity index (χ0) is 19.9. The van der Waals surface area contributed by atoms with Gasteiger partial charge in [0.05, 0.1) is 11.4 Å². The van der Waals surface area contributed by atoms with E-state index in [1.54, 1.807) is 0 Å². The first-order chi connectivity index (χ1) is 12.8. The lowest BCUT2D eigenvalue weighted by Gasteiger charge is -2.13. The SMILES string of the molecule is CC(C(=O)NCC(=O)NCCc1ccccc1)S(=O)(=O)c1ccc(F)cc1. The Kier molecular flexibility index (Phi) is 7.06. The van der Waals surface area contributed by atoms with Crippen molar-refractivity contribution in [2.75, 3.05) is 13.1 Å². The Morgan fingerprint density at radius 1 is 1.00 bits per heavy atom. The van der Waals surface area contributed by atoms with Crippen LogP contribution in [0.4, 0.5) is 4.39 Å². The molecule has 2 N–H and O–H groups in total. The van der Waals surface area contributed by atoms with E-state index in [9.17, 15) is 22.4 Å². The van der Waals surface area contributed by atoms with Crippen LogP contribution >= 0.6 is 0 Å². The van der Waals surface area contributed by atoms with Gasteiger partial charge >= 0.3 is 0 Å². The van der Waals surface area contributed by atoms with E-state index in [0.29, 0.717) is 13.0 Å².